The van der Waals surface area contributed by atoms with E-state index in [1.54, 1.807) is 24.3 Å². The van der Waals surface area contributed by atoms with Crippen LogP contribution in [-0.2, 0) is 9.59 Å². The normalized spacial score (nSPS) is 10.3. The molecule has 2 aromatic rings. The van der Waals surface area contributed by atoms with Crippen molar-refractivity contribution in [2.45, 2.75) is 13.8 Å². The zero-order chi connectivity index (χ0) is 17.0. The number of hydrogen-bond donors (Lipinski definition) is 1. The molecule has 0 aliphatic heterocycles. The molecule has 0 unspecified atom stereocenters. The van der Waals surface area contributed by atoms with Gasteiger partial charge in [-0.3, -0.25) is 9.59 Å². The fraction of sp³-hybridized carbons (Fsp3) is 0.176. The molecule has 1 N–H and O–H groups in total. The maximum atomic E-state index is 12.3. The lowest BCUT2D eigenvalue weighted by molar-refractivity contribution is -0.120. The average Bonchev–Trinajstić information content (AvgIpc) is 2.48. The summed E-state index contributed by atoms with van der Waals surface area (Å²) >= 11 is 9.26. The fourth-order valence-corrected chi connectivity index (χ4v) is 2.78. The number of nitrogens with one attached hydrogen (secondary N) is 1. The van der Waals surface area contributed by atoms with Gasteiger partial charge >= 0.3 is 0 Å². The predicted molar refractivity (Wildman–Crippen MR) is 97.0 cm³/mol. The van der Waals surface area contributed by atoms with Gasteiger partial charge in [0.25, 0.3) is 0 Å². The van der Waals surface area contributed by atoms with Crippen LogP contribution < -0.4 is 10.2 Å². The molecule has 2 amide bonds. The second kappa shape index (κ2) is 7.62. The first kappa shape index (κ1) is 17.5. The molecule has 6 heteroatoms. The van der Waals surface area contributed by atoms with Gasteiger partial charge in [-0.2, -0.15) is 0 Å². The molecule has 4 nitrogen and oxygen atoms in total. The summed E-state index contributed by atoms with van der Waals surface area (Å²) < 4.78 is 0.798. The number of carbonyl (C=O) groups is 2. The third-order valence-corrected chi connectivity index (χ3v) is 4.13. The topological polar surface area (TPSA) is 49.4 Å². The minimum atomic E-state index is -0.278. The Kier molecular flexibility index (Phi) is 5.80. The van der Waals surface area contributed by atoms with Crippen LogP contribution in [0.25, 0.3) is 0 Å². The number of nitrogens with zero attached hydrogens (tertiary/aromatic N) is 1. The molecule has 2 rings (SSSR count). The van der Waals surface area contributed by atoms with E-state index >= 15 is 0 Å². The van der Waals surface area contributed by atoms with Crippen molar-refractivity contribution in [3.8, 4) is 0 Å². The standard InChI is InChI=1S/C17H16BrClN2O2/c1-11-3-8-16(15(18)9-11)20-17(23)10-21(12(2)22)14-6-4-13(19)5-7-14/h3-9H,10H2,1-2H3,(H,20,23). The third kappa shape index (κ3) is 4.81. The van der Waals surface area contributed by atoms with Crippen LogP contribution in [-0.4, -0.2) is 18.4 Å². The summed E-state index contributed by atoms with van der Waals surface area (Å²) in [6.07, 6.45) is 0. The van der Waals surface area contributed by atoms with Crippen molar-refractivity contribution in [3.05, 3.63) is 57.5 Å². The molecule has 0 atom stereocenters. The van der Waals surface area contributed by atoms with E-state index in [0.717, 1.165) is 10.0 Å². The van der Waals surface area contributed by atoms with Crippen molar-refractivity contribution < 1.29 is 9.59 Å². The van der Waals surface area contributed by atoms with Gasteiger partial charge in [0.05, 0.1) is 5.69 Å². The van der Waals surface area contributed by atoms with Crippen LogP contribution in [0.1, 0.15) is 12.5 Å². The Bertz CT molecular complexity index is 732. The first-order chi connectivity index (χ1) is 10.9. The SMILES string of the molecule is CC(=O)N(CC(=O)Nc1ccc(C)cc1Br)c1ccc(Cl)cc1. The van der Waals surface area contributed by atoms with E-state index in [0.29, 0.717) is 16.4 Å². The smallest absolute Gasteiger partial charge is 0.244 e. The third-order valence-electron chi connectivity index (χ3n) is 3.22. The summed E-state index contributed by atoms with van der Waals surface area (Å²) in [5.74, 6) is -0.495. The second-order valence-electron chi connectivity index (χ2n) is 5.11. The second-order valence-corrected chi connectivity index (χ2v) is 6.40. The lowest BCUT2D eigenvalue weighted by Gasteiger charge is -2.21. The van der Waals surface area contributed by atoms with Crippen LogP contribution in [0, 0.1) is 6.92 Å². The predicted octanol–water partition coefficient (Wildman–Crippen LogP) is 4.40. The number of amides is 2. The lowest BCUT2D eigenvalue weighted by Crippen LogP contribution is -2.36. The number of benzene rings is 2. The average molecular weight is 396 g/mol. The maximum Gasteiger partial charge on any atom is 0.244 e. The molecule has 0 spiro atoms. The van der Waals surface area contributed by atoms with Crippen LogP contribution in [0.3, 0.4) is 0 Å². The highest BCUT2D eigenvalue weighted by atomic mass is 79.9. The molecule has 120 valence electrons. The molecular formula is C17H16BrClN2O2. The van der Waals surface area contributed by atoms with Crippen LogP contribution in [0.5, 0.6) is 0 Å². The number of aryl methyl sites for hydroxylation is 1. The van der Waals surface area contributed by atoms with E-state index in [1.165, 1.54) is 11.8 Å². The largest absolute Gasteiger partial charge is 0.324 e. The molecule has 0 heterocycles. The summed E-state index contributed by atoms with van der Waals surface area (Å²) in [6, 6.07) is 12.4. The fourth-order valence-electron chi connectivity index (χ4n) is 2.06. The molecule has 0 fully saturated rings. The van der Waals surface area contributed by atoms with Crippen LogP contribution in [0.2, 0.25) is 5.02 Å². The molecule has 2 aromatic carbocycles. The Morgan fingerprint density at radius 3 is 2.39 bits per heavy atom. The van der Waals surface area contributed by atoms with Crippen molar-refractivity contribution >= 4 is 50.7 Å². The summed E-state index contributed by atoms with van der Waals surface area (Å²) in [5.41, 5.74) is 2.38. The number of hydrogen-bond acceptors (Lipinski definition) is 2. The molecule has 0 aliphatic carbocycles. The van der Waals surface area contributed by atoms with E-state index in [1.807, 2.05) is 25.1 Å². The lowest BCUT2D eigenvalue weighted by atomic mass is 10.2. The highest BCUT2D eigenvalue weighted by Crippen LogP contribution is 2.24. The first-order valence-electron chi connectivity index (χ1n) is 6.96. The Morgan fingerprint density at radius 1 is 1.17 bits per heavy atom. The Balaban J connectivity index is 2.12. The molecule has 0 saturated carbocycles. The first-order valence-corrected chi connectivity index (χ1v) is 8.13. The van der Waals surface area contributed by atoms with Crippen molar-refractivity contribution in [2.24, 2.45) is 0 Å². The van der Waals surface area contributed by atoms with E-state index < -0.39 is 0 Å². The van der Waals surface area contributed by atoms with Crippen LogP contribution >= 0.6 is 27.5 Å². The Labute approximate surface area is 148 Å². The number of halogens is 2. The van der Waals surface area contributed by atoms with Gasteiger partial charge in [0.15, 0.2) is 0 Å². The van der Waals surface area contributed by atoms with Crippen LogP contribution in [0.15, 0.2) is 46.9 Å². The minimum absolute atomic E-state index is 0.0721. The van der Waals surface area contributed by atoms with Crippen molar-refractivity contribution in [1.82, 2.24) is 0 Å². The number of carbonyl (C=O) groups excluding carboxylic acids is 2. The minimum Gasteiger partial charge on any atom is -0.324 e. The van der Waals surface area contributed by atoms with E-state index in [9.17, 15) is 9.59 Å². The summed E-state index contributed by atoms with van der Waals surface area (Å²) in [5, 5.41) is 3.37. The van der Waals surface area contributed by atoms with Crippen LogP contribution in [0.4, 0.5) is 11.4 Å². The van der Waals surface area contributed by atoms with Gasteiger partial charge in [-0.25, -0.2) is 0 Å². The molecule has 0 saturated heterocycles. The summed E-state index contributed by atoms with van der Waals surface area (Å²) in [6.45, 7) is 3.31. The van der Waals surface area contributed by atoms with Gasteiger partial charge in [0.2, 0.25) is 11.8 Å². The molecule has 23 heavy (non-hydrogen) atoms. The van der Waals surface area contributed by atoms with Gasteiger partial charge in [0.1, 0.15) is 6.54 Å². The van der Waals surface area contributed by atoms with Gasteiger partial charge in [-0.15, -0.1) is 0 Å². The van der Waals surface area contributed by atoms with Gasteiger partial charge in [-0.1, -0.05) is 17.7 Å². The monoisotopic (exact) mass is 394 g/mol. The van der Waals surface area contributed by atoms with Crippen molar-refractivity contribution in [1.29, 1.82) is 0 Å². The van der Waals surface area contributed by atoms with E-state index in [4.69, 9.17) is 11.6 Å². The zero-order valence-electron chi connectivity index (χ0n) is 12.8. The maximum absolute atomic E-state index is 12.3. The molecule has 0 aliphatic rings. The molecule has 0 bridgehead atoms. The van der Waals surface area contributed by atoms with Gasteiger partial charge in [-0.05, 0) is 64.8 Å². The quantitative estimate of drug-likeness (QED) is 0.834. The van der Waals surface area contributed by atoms with Crippen molar-refractivity contribution in [2.75, 3.05) is 16.8 Å². The Hall–Kier alpha value is -1.85. The zero-order valence-corrected chi connectivity index (χ0v) is 15.1. The molecule has 0 radical (unpaired) electrons. The van der Waals surface area contributed by atoms with E-state index in [2.05, 4.69) is 21.2 Å². The van der Waals surface area contributed by atoms with E-state index in [-0.39, 0.29) is 18.4 Å². The molecular weight excluding hydrogens is 380 g/mol. The van der Waals surface area contributed by atoms with Gasteiger partial charge in [0, 0.05) is 22.1 Å². The highest BCUT2D eigenvalue weighted by molar-refractivity contribution is 9.10. The summed E-state index contributed by atoms with van der Waals surface area (Å²) in [7, 11) is 0. The highest BCUT2D eigenvalue weighted by Gasteiger charge is 2.16. The van der Waals surface area contributed by atoms with Crippen molar-refractivity contribution in [3.63, 3.8) is 0 Å². The Morgan fingerprint density at radius 2 is 1.83 bits per heavy atom. The molecule has 0 aromatic heterocycles. The number of rotatable bonds is 4. The summed E-state index contributed by atoms with van der Waals surface area (Å²) in [4.78, 5) is 25.5. The van der Waals surface area contributed by atoms with Gasteiger partial charge < -0.3 is 10.2 Å². The number of anilines is 2.